The lowest BCUT2D eigenvalue weighted by molar-refractivity contribution is 0.415. The van der Waals surface area contributed by atoms with Crippen molar-refractivity contribution in [3.8, 4) is 17.1 Å². The summed E-state index contributed by atoms with van der Waals surface area (Å²) in [6.45, 7) is 6.32. The van der Waals surface area contributed by atoms with Crippen LogP contribution in [0.4, 0.5) is 0 Å². The standard InChI is InChI=1S/C20H25N3O2/c1-6-14(7-2)16-12-13(3)23-18(16)20(24)22(4)19(21-23)15-10-8-9-11-17(15)25-5/h8-12,14H,6-7H2,1-5H3. The predicted molar refractivity (Wildman–Crippen MR) is 100 cm³/mol. The summed E-state index contributed by atoms with van der Waals surface area (Å²) >= 11 is 0. The van der Waals surface area contributed by atoms with Crippen LogP contribution in [-0.2, 0) is 7.05 Å². The first-order valence-electron chi connectivity index (χ1n) is 8.76. The Labute approximate surface area is 147 Å². The van der Waals surface area contributed by atoms with E-state index >= 15 is 0 Å². The van der Waals surface area contributed by atoms with Gasteiger partial charge in [0.2, 0.25) is 0 Å². The van der Waals surface area contributed by atoms with Crippen LogP contribution in [0.25, 0.3) is 16.9 Å². The maximum Gasteiger partial charge on any atom is 0.278 e. The molecule has 0 bridgehead atoms. The van der Waals surface area contributed by atoms with Crippen molar-refractivity contribution in [1.29, 1.82) is 0 Å². The van der Waals surface area contributed by atoms with Crippen molar-refractivity contribution in [3.05, 3.63) is 51.9 Å². The van der Waals surface area contributed by atoms with Crippen molar-refractivity contribution < 1.29 is 4.74 Å². The van der Waals surface area contributed by atoms with E-state index in [1.807, 2.05) is 31.2 Å². The SMILES string of the molecule is CCC(CC)c1cc(C)n2nc(-c3ccccc3OC)n(C)c(=O)c12. The molecular weight excluding hydrogens is 314 g/mol. The molecule has 0 aliphatic heterocycles. The van der Waals surface area contributed by atoms with Gasteiger partial charge in [0.1, 0.15) is 11.3 Å². The van der Waals surface area contributed by atoms with Crippen LogP contribution in [0.2, 0.25) is 0 Å². The Bertz CT molecular complexity index is 965. The first-order chi connectivity index (χ1) is 12.0. The van der Waals surface area contributed by atoms with Crippen LogP contribution in [0.1, 0.15) is 43.9 Å². The number of hydrogen-bond acceptors (Lipinski definition) is 3. The van der Waals surface area contributed by atoms with Gasteiger partial charge < -0.3 is 4.74 Å². The number of hydrogen-bond donors (Lipinski definition) is 0. The Morgan fingerprint density at radius 3 is 2.52 bits per heavy atom. The van der Waals surface area contributed by atoms with Gasteiger partial charge in [-0.2, -0.15) is 0 Å². The normalized spacial score (nSPS) is 11.4. The number of benzene rings is 1. The molecule has 0 atom stereocenters. The smallest absolute Gasteiger partial charge is 0.278 e. The fourth-order valence-electron chi connectivity index (χ4n) is 3.52. The third-order valence-electron chi connectivity index (χ3n) is 4.98. The van der Waals surface area contributed by atoms with Crippen molar-refractivity contribution in [2.24, 2.45) is 7.05 Å². The van der Waals surface area contributed by atoms with Crippen LogP contribution in [0.3, 0.4) is 0 Å². The first-order valence-corrected chi connectivity index (χ1v) is 8.76. The highest BCUT2D eigenvalue weighted by molar-refractivity contribution is 5.66. The third kappa shape index (κ3) is 2.73. The molecule has 0 unspecified atom stereocenters. The summed E-state index contributed by atoms with van der Waals surface area (Å²) in [5.74, 6) is 1.68. The lowest BCUT2D eigenvalue weighted by Gasteiger charge is -2.14. The van der Waals surface area contributed by atoms with Gasteiger partial charge in [0, 0.05) is 12.7 Å². The fourth-order valence-corrected chi connectivity index (χ4v) is 3.52. The van der Waals surface area contributed by atoms with Crippen LogP contribution in [0.15, 0.2) is 35.1 Å². The van der Waals surface area contributed by atoms with Gasteiger partial charge in [0.05, 0.1) is 12.7 Å². The number of aryl methyl sites for hydroxylation is 1. The molecule has 0 N–H and O–H groups in total. The van der Waals surface area contributed by atoms with Gasteiger partial charge in [0.25, 0.3) is 5.56 Å². The van der Waals surface area contributed by atoms with Crippen LogP contribution >= 0.6 is 0 Å². The molecule has 25 heavy (non-hydrogen) atoms. The highest BCUT2D eigenvalue weighted by Gasteiger charge is 2.21. The summed E-state index contributed by atoms with van der Waals surface area (Å²) in [6.07, 6.45) is 2.01. The van der Waals surface area contributed by atoms with Gasteiger partial charge in [-0.1, -0.05) is 26.0 Å². The largest absolute Gasteiger partial charge is 0.496 e. The second kappa shape index (κ2) is 6.75. The van der Waals surface area contributed by atoms with E-state index in [0.29, 0.717) is 23.0 Å². The first kappa shape index (κ1) is 17.3. The van der Waals surface area contributed by atoms with Gasteiger partial charge in [0.15, 0.2) is 5.82 Å². The molecule has 2 heterocycles. The monoisotopic (exact) mass is 339 g/mol. The summed E-state index contributed by atoms with van der Waals surface area (Å²) < 4.78 is 8.86. The van der Waals surface area contributed by atoms with E-state index in [-0.39, 0.29) is 5.56 Å². The summed E-state index contributed by atoms with van der Waals surface area (Å²) in [7, 11) is 3.40. The zero-order chi connectivity index (χ0) is 18.1. The zero-order valence-electron chi connectivity index (χ0n) is 15.5. The maximum absolute atomic E-state index is 13.2. The minimum atomic E-state index is -0.0223. The van der Waals surface area contributed by atoms with Gasteiger partial charge in [-0.15, -0.1) is 5.10 Å². The van der Waals surface area contributed by atoms with Crippen molar-refractivity contribution in [1.82, 2.24) is 14.2 Å². The molecular formula is C20H25N3O2. The lowest BCUT2D eigenvalue weighted by Crippen LogP contribution is -2.24. The Balaban J connectivity index is 2.34. The highest BCUT2D eigenvalue weighted by Crippen LogP contribution is 2.30. The fraction of sp³-hybridized carbons (Fsp3) is 0.400. The summed E-state index contributed by atoms with van der Waals surface area (Å²) in [4.78, 5) is 13.2. The molecule has 3 aromatic rings. The molecule has 0 aliphatic rings. The average Bonchev–Trinajstić information content (AvgIpc) is 2.95. The molecule has 5 nitrogen and oxygen atoms in total. The molecule has 0 saturated heterocycles. The number of ether oxygens (including phenoxy) is 1. The topological polar surface area (TPSA) is 48.5 Å². The van der Waals surface area contributed by atoms with E-state index < -0.39 is 0 Å². The van der Waals surface area contributed by atoms with Crippen LogP contribution in [-0.4, -0.2) is 21.3 Å². The summed E-state index contributed by atoms with van der Waals surface area (Å²) in [5, 5.41) is 4.79. The molecule has 0 radical (unpaired) electrons. The average molecular weight is 339 g/mol. The predicted octanol–water partition coefficient (Wildman–Crippen LogP) is 3.92. The van der Waals surface area contributed by atoms with E-state index in [2.05, 4.69) is 19.9 Å². The Morgan fingerprint density at radius 1 is 1.20 bits per heavy atom. The van der Waals surface area contributed by atoms with E-state index in [1.54, 1.807) is 23.2 Å². The van der Waals surface area contributed by atoms with E-state index in [4.69, 9.17) is 9.84 Å². The Morgan fingerprint density at radius 2 is 1.88 bits per heavy atom. The van der Waals surface area contributed by atoms with Crippen molar-refractivity contribution in [2.45, 2.75) is 39.5 Å². The molecule has 132 valence electrons. The molecule has 0 spiro atoms. The van der Waals surface area contributed by atoms with Crippen LogP contribution in [0, 0.1) is 6.92 Å². The molecule has 3 rings (SSSR count). The number of fused-ring (bicyclic) bond motifs is 1. The van der Waals surface area contributed by atoms with Gasteiger partial charge in [-0.3, -0.25) is 9.36 Å². The minimum Gasteiger partial charge on any atom is -0.496 e. The van der Waals surface area contributed by atoms with Crippen LogP contribution in [0.5, 0.6) is 5.75 Å². The van der Waals surface area contributed by atoms with Gasteiger partial charge in [-0.05, 0) is 49.4 Å². The number of para-hydroxylation sites is 1. The van der Waals surface area contributed by atoms with Crippen LogP contribution < -0.4 is 10.3 Å². The molecule has 1 aromatic carbocycles. The molecule has 5 heteroatoms. The summed E-state index contributed by atoms with van der Waals surface area (Å²) in [5.41, 5.74) is 3.55. The Hall–Kier alpha value is -2.56. The van der Waals surface area contributed by atoms with Crippen molar-refractivity contribution >= 4 is 5.52 Å². The minimum absolute atomic E-state index is 0.0223. The number of aromatic nitrogens is 3. The molecule has 2 aromatic heterocycles. The van der Waals surface area contributed by atoms with Crippen molar-refractivity contribution in [3.63, 3.8) is 0 Å². The molecule has 0 amide bonds. The Kier molecular flexibility index (Phi) is 4.66. The highest BCUT2D eigenvalue weighted by atomic mass is 16.5. The summed E-state index contributed by atoms with van der Waals surface area (Å²) in [6, 6.07) is 9.74. The van der Waals surface area contributed by atoms with E-state index in [1.165, 1.54) is 0 Å². The third-order valence-corrected chi connectivity index (χ3v) is 4.98. The molecule has 0 fully saturated rings. The van der Waals surface area contributed by atoms with Crippen molar-refractivity contribution in [2.75, 3.05) is 7.11 Å². The number of rotatable bonds is 5. The van der Waals surface area contributed by atoms with E-state index in [9.17, 15) is 4.79 Å². The van der Waals surface area contributed by atoms with Gasteiger partial charge >= 0.3 is 0 Å². The number of methoxy groups -OCH3 is 1. The second-order valence-corrected chi connectivity index (χ2v) is 6.40. The number of nitrogens with zero attached hydrogens (tertiary/aromatic N) is 3. The lowest BCUT2D eigenvalue weighted by atomic mass is 9.95. The van der Waals surface area contributed by atoms with E-state index in [0.717, 1.165) is 29.7 Å². The van der Waals surface area contributed by atoms with Gasteiger partial charge in [-0.25, -0.2) is 4.52 Å². The quantitative estimate of drug-likeness (QED) is 0.708. The molecule has 0 aliphatic carbocycles. The maximum atomic E-state index is 13.2. The second-order valence-electron chi connectivity index (χ2n) is 6.40. The zero-order valence-corrected chi connectivity index (χ0v) is 15.5. The molecule has 0 saturated carbocycles.